The molecule has 0 atom stereocenters. The molecule has 0 amide bonds. The summed E-state index contributed by atoms with van der Waals surface area (Å²) in [6, 6.07) is 6.59. The normalized spacial score (nSPS) is 10.2. The maximum absolute atomic E-state index is 10.7. The van der Waals surface area contributed by atoms with Crippen molar-refractivity contribution < 1.29 is 9.90 Å². The number of carboxylic acid groups (broad SMARTS) is 1. The SMILES string of the molecule is CN(c1ccc(C(=O)O)cc1)c1nc(Cl)cs1. The monoisotopic (exact) mass is 268 g/mol. The number of benzene rings is 1. The number of rotatable bonds is 3. The van der Waals surface area contributed by atoms with Crippen molar-refractivity contribution in [3.63, 3.8) is 0 Å². The van der Waals surface area contributed by atoms with Crippen LogP contribution < -0.4 is 4.90 Å². The number of carbonyl (C=O) groups is 1. The molecule has 0 unspecified atom stereocenters. The first kappa shape index (κ1) is 11.9. The molecule has 1 N–H and O–H groups in total. The van der Waals surface area contributed by atoms with E-state index in [2.05, 4.69) is 4.98 Å². The molecule has 0 aliphatic carbocycles. The lowest BCUT2D eigenvalue weighted by atomic mass is 10.2. The number of aromatic carboxylic acids is 1. The van der Waals surface area contributed by atoms with Crippen molar-refractivity contribution >= 4 is 39.7 Å². The molecule has 0 saturated carbocycles. The number of thiazole rings is 1. The van der Waals surface area contributed by atoms with E-state index in [0.717, 1.165) is 10.8 Å². The Hall–Kier alpha value is -1.59. The summed E-state index contributed by atoms with van der Waals surface area (Å²) in [5, 5.41) is 11.8. The summed E-state index contributed by atoms with van der Waals surface area (Å²) in [4.78, 5) is 16.7. The van der Waals surface area contributed by atoms with E-state index in [0.29, 0.717) is 5.15 Å². The van der Waals surface area contributed by atoms with Crippen molar-refractivity contribution in [1.82, 2.24) is 4.98 Å². The fourth-order valence-corrected chi connectivity index (χ4v) is 2.27. The molecule has 6 heteroatoms. The fourth-order valence-electron chi connectivity index (χ4n) is 1.34. The molecule has 0 spiro atoms. The third-order valence-electron chi connectivity index (χ3n) is 2.25. The van der Waals surface area contributed by atoms with E-state index < -0.39 is 5.97 Å². The molecule has 88 valence electrons. The average molecular weight is 269 g/mol. The summed E-state index contributed by atoms with van der Waals surface area (Å²) in [6.07, 6.45) is 0. The van der Waals surface area contributed by atoms with Crippen LogP contribution in [0, 0.1) is 0 Å². The summed E-state index contributed by atoms with van der Waals surface area (Å²) in [5.41, 5.74) is 1.13. The molecule has 1 aromatic carbocycles. The van der Waals surface area contributed by atoms with Gasteiger partial charge in [0.1, 0.15) is 5.15 Å². The maximum atomic E-state index is 10.7. The molecule has 0 radical (unpaired) electrons. The van der Waals surface area contributed by atoms with Gasteiger partial charge in [0.2, 0.25) is 0 Å². The minimum Gasteiger partial charge on any atom is -0.478 e. The Morgan fingerprint density at radius 3 is 2.53 bits per heavy atom. The van der Waals surface area contributed by atoms with Gasteiger partial charge in [-0.3, -0.25) is 0 Å². The number of aromatic nitrogens is 1. The van der Waals surface area contributed by atoms with Crippen LogP contribution in [0.1, 0.15) is 10.4 Å². The molecule has 17 heavy (non-hydrogen) atoms. The molecule has 2 aromatic rings. The first-order valence-electron chi connectivity index (χ1n) is 4.76. The first-order valence-corrected chi connectivity index (χ1v) is 6.02. The van der Waals surface area contributed by atoms with Crippen LogP contribution in [0.5, 0.6) is 0 Å². The smallest absolute Gasteiger partial charge is 0.335 e. The largest absolute Gasteiger partial charge is 0.478 e. The van der Waals surface area contributed by atoms with Gasteiger partial charge in [-0.15, -0.1) is 11.3 Å². The van der Waals surface area contributed by atoms with Crippen LogP contribution in [-0.2, 0) is 0 Å². The Morgan fingerprint density at radius 1 is 1.41 bits per heavy atom. The van der Waals surface area contributed by atoms with Gasteiger partial charge in [0.25, 0.3) is 0 Å². The number of halogens is 1. The van der Waals surface area contributed by atoms with E-state index in [1.54, 1.807) is 29.6 Å². The minimum atomic E-state index is -0.934. The van der Waals surface area contributed by atoms with Crippen LogP contribution in [0.15, 0.2) is 29.6 Å². The second-order valence-corrected chi connectivity index (χ2v) is 4.59. The summed E-state index contributed by atoms with van der Waals surface area (Å²) in [5.74, 6) is -0.934. The molecule has 0 aliphatic rings. The lowest BCUT2D eigenvalue weighted by Crippen LogP contribution is -2.09. The van der Waals surface area contributed by atoms with Crippen LogP contribution in [-0.4, -0.2) is 23.1 Å². The number of hydrogen-bond acceptors (Lipinski definition) is 4. The molecule has 2 rings (SSSR count). The molecule has 0 aliphatic heterocycles. The molecule has 0 saturated heterocycles. The number of anilines is 2. The topological polar surface area (TPSA) is 53.4 Å². The maximum Gasteiger partial charge on any atom is 0.335 e. The second-order valence-electron chi connectivity index (χ2n) is 3.36. The third kappa shape index (κ3) is 2.57. The lowest BCUT2D eigenvalue weighted by molar-refractivity contribution is 0.0697. The van der Waals surface area contributed by atoms with Crippen LogP contribution in [0.4, 0.5) is 10.8 Å². The number of carboxylic acids is 1. The van der Waals surface area contributed by atoms with E-state index in [1.807, 2.05) is 11.9 Å². The van der Waals surface area contributed by atoms with Crippen LogP contribution in [0.3, 0.4) is 0 Å². The summed E-state index contributed by atoms with van der Waals surface area (Å²) >= 11 is 7.18. The summed E-state index contributed by atoms with van der Waals surface area (Å²) < 4.78 is 0. The van der Waals surface area contributed by atoms with Crippen molar-refractivity contribution in [2.24, 2.45) is 0 Å². The Bertz CT molecular complexity index is 539. The second kappa shape index (κ2) is 4.73. The zero-order chi connectivity index (χ0) is 12.4. The molecule has 0 bridgehead atoms. The van der Waals surface area contributed by atoms with Gasteiger partial charge in [-0.1, -0.05) is 11.6 Å². The summed E-state index contributed by atoms with van der Waals surface area (Å²) in [6.45, 7) is 0. The highest BCUT2D eigenvalue weighted by Crippen LogP contribution is 2.28. The molecule has 1 heterocycles. The highest BCUT2D eigenvalue weighted by Gasteiger charge is 2.09. The Balaban J connectivity index is 2.25. The average Bonchev–Trinajstić information content (AvgIpc) is 2.75. The van der Waals surface area contributed by atoms with Gasteiger partial charge >= 0.3 is 5.97 Å². The molecular formula is C11H9ClN2O2S. The van der Waals surface area contributed by atoms with Crippen molar-refractivity contribution in [2.45, 2.75) is 0 Å². The number of nitrogens with zero attached hydrogens (tertiary/aromatic N) is 2. The predicted molar refractivity (Wildman–Crippen MR) is 68.6 cm³/mol. The van der Waals surface area contributed by atoms with E-state index in [9.17, 15) is 4.79 Å². The van der Waals surface area contributed by atoms with Gasteiger partial charge in [0, 0.05) is 18.1 Å². The van der Waals surface area contributed by atoms with Gasteiger partial charge in [-0.25, -0.2) is 9.78 Å². The zero-order valence-corrected chi connectivity index (χ0v) is 10.5. The van der Waals surface area contributed by atoms with E-state index >= 15 is 0 Å². The molecule has 0 fully saturated rings. The quantitative estimate of drug-likeness (QED) is 0.928. The first-order chi connectivity index (χ1) is 8.08. The third-order valence-corrected chi connectivity index (χ3v) is 3.49. The standard InChI is InChI=1S/C11H9ClN2O2S/c1-14(11-13-9(12)6-17-11)8-4-2-7(3-5-8)10(15)16/h2-6H,1H3,(H,15,16). The molecular weight excluding hydrogens is 260 g/mol. The van der Waals surface area contributed by atoms with Gasteiger partial charge in [-0.2, -0.15) is 0 Å². The Kier molecular flexibility index (Phi) is 3.31. The lowest BCUT2D eigenvalue weighted by Gasteiger charge is -2.15. The fraction of sp³-hybridized carbons (Fsp3) is 0.0909. The highest BCUT2D eigenvalue weighted by atomic mass is 35.5. The van der Waals surface area contributed by atoms with Crippen LogP contribution >= 0.6 is 22.9 Å². The van der Waals surface area contributed by atoms with Gasteiger partial charge in [0.15, 0.2) is 5.13 Å². The van der Waals surface area contributed by atoms with Crippen molar-refractivity contribution in [1.29, 1.82) is 0 Å². The Labute approximate surface area is 107 Å². The minimum absolute atomic E-state index is 0.263. The van der Waals surface area contributed by atoms with E-state index in [4.69, 9.17) is 16.7 Å². The predicted octanol–water partition coefficient (Wildman–Crippen LogP) is 3.26. The van der Waals surface area contributed by atoms with Gasteiger partial charge < -0.3 is 10.0 Å². The van der Waals surface area contributed by atoms with E-state index in [1.165, 1.54) is 11.3 Å². The van der Waals surface area contributed by atoms with Crippen molar-refractivity contribution in [2.75, 3.05) is 11.9 Å². The zero-order valence-electron chi connectivity index (χ0n) is 8.92. The molecule has 4 nitrogen and oxygen atoms in total. The van der Waals surface area contributed by atoms with Crippen molar-refractivity contribution in [3.8, 4) is 0 Å². The van der Waals surface area contributed by atoms with Crippen molar-refractivity contribution in [3.05, 3.63) is 40.4 Å². The van der Waals surface area contributed by atoms with Crippen LogP contribution in [0.25, 0.3) is 0 Å². The molecule has 1 aromatic heterocycles. The van der Waals surface area contributed by atoms with Gasteiger partial charge in [-0.05, 0) is 24.3 Å². The number of hydrogen-bond donors (Lipinski definition) is 1. The van der Waals surface area contributed by atoms with Crippen LogP contribution in [0.2, 0.25) is 5.15 Å². The van der Waals surface area contributed by atoms with Gasteiger partial charge in [0.05, 0.1) is 5.56 Å². The van der Waals surface area contributed by atoms with E-state index in [-0.39, 0.29) is 5.56 Å². The highest BCUT2D eigenvalue weighted by molar-refractivity contribution is 7.14. The summed E-state index contributed by atoms with van der Waals surface area (Å²) in [7, 11) is 1.85. The Morgan fingerprint density at radius 2 is 2.06 bits per heavy atom.